The van der Waals surface area contributed by atoms with Crippen LogP contribution in [0.25, 0.3) is 0 Å². The Balaban J connectivity index is 1.81. The van der Waals surface area contributed by atoms with Crippen LogP contribution in [0.2, 0.25) is 0 Å². The SMILES string of the molecule is O=S(=O)(NCC(O)C1CC1)C1CCCCC1. The Kier molecular flexibility index (Phi) is 3.87. The minimum atomic E-state index is -3.19. The van der Waals surface area contributed by atoms with Crippen LogP contribution in [0.1, 0.15) is 44.9 Å². The maximum atomic E-state index is 11.9. The van der Waals surface area contributed by atoms with Gasteiger partial charge in [-0.15, -0.1) is 0 Å². The van der Waals surface area contributed by atoms with Crippen LogP contribution in [-0.2, 0) is 10.0 Å². The lowest BCUT2D eigenvalue weighted by Gasteiger charge is -2.22. The van der Waals surface area contributed by atoms with Crippen molar-refractivity contribution in [2.75, 3.05) is 6.54 Å². The van der Waals surface area contributed by atoms with Gasteiger partial charge >= 0.3 is 0 Å². The molecule has 0 aliphatic heterocycles. The highest BCUT2D eigenvalue weighted by Crippen LogP contribution is 2.32. The van der Waals surface area contributed by atoms with Crippen molar-refractivity contribution >= 4 is 10.0 Å². The van der Waals surface area contributed by atoms with E-state index in [2.05, 4.69) is 4.72 Å². The van der Waals surface area contributed by atoms with Crippen LogP contribution in [-0.4, -0.2) is 31.4 Å². The van der Waals surface area contributed by atoms with E-state index in [9.17, 15) is 13.5 Å². The van der Waals surface area contributed by atoms with Crippen molar-refractivity contribution in [2.45, 2.75) is 56.3 Å². The van der Waals surface area contributed by atoms with Gasteiger partial charge in [-0.05, 0) is 31.6 Å². The zero-order valence-electron chi connectivity index (χ0n) is 9.56. The highest BCUT2D eigenvalue weighted by atomic mass is 32.2. The van der Waals surface area contributed by atoms with Crippen LogP contribution in [0.4, 0.5) is 0 Å². The lowest BCUT2D eigenvalue weighted by molar-refractivity contribution is 0.155. The second-order valence-electron chi connectivity index (χ2n) is 5.06. The van der Waals surface area contributed by atoms with E-state index in [0.717, 1.165) is 44.9 Å². The lowest BCUT2D eigenvalue weighted by Crippen LogP contribution is -2.40. The van der Waals surface area contributed by atoms with Crippen molar-refractivity contribution < 1.29 is 13.5 Å². The highest BCUT2D eigenvalue weighted by Gasteiger charge is 2.32. The summed E-state index contributed by atoms with van der Waals surface area (Å²) in [5, 5.41) is 9.39. The first-order valence-corrected chi connectivity index (χ1v) is 7.81. The van der Waals surface area contributed by atoms with E-state index >= 15 is 0 Å². The largest absolute Gasteiger partial charge is 0.391 e. The molecule has 2 fully saturated rings. The molecule has 94 valence electrons. The molecule has 1 unspecified atom stereocenters. The Morgan fingerprint density at radius 2 is 1.75 bits per heavy atom. The van der Waals surface area contributed by atoms with Crippen LogP contribution >= 0.6 is 0 Å². The fraction of sp³-hybridized carbons (Fsp3) is 1.00. The number of rotatable bonds is 5. The Labute approximate surface area is 97.5 Å². The first-order valence-electron chi connectivity index (χ1n) is 6.26. The minimum Gasteiger partial charge on any atom is -0.391 e. The summed E-state index contributed by atoms with van der Waals surface area (Å²) in [6.45, 7) is 0.198. The van der Waals surface area contributed by atoms with E-state index in [4.69, 9.17) is 0 Å². The summed E-state index contributed by atoms with van der Waals surface area (Å²) in [6, 6.07) is 0. The normalized spacial score (nSPS) is 25.6. The van der Waals surface area contributed by atoms with Gasteiger partial charge in [-0.3, -0.25) is 0 Å². The molecule has 0 bridgehead atoms. The second kappa shape index (κ2) is 5.02. The Hall–Kier alpha value is -0.130. The molecular formula is C11H21NO3S. The van der Waals surface area contributed by atoms with Crippen LogP contribution in [0, 0.1) is 5.92 Å². The molecule has 0 aromatic carbocycles. The van der Waals surface area contributed by atoms with Crippen molar-refractivity contribution in [3.63, 3.8) is 0 Å². The van der Waals surface area contributed by atoms with Gasteiger partial charge < -0.3 is 5.11 Å². The average Bonchev–Trinajstić information content (AvgIpc) is 3.11. The molecule has 16 heavy (non-hydrogen) atoms. The third-order valence-electron chi connectivity index (χ3n) is 3.65. The first kappa shape index (κ1) is 12.3. The smallest absolute Gasteiger partial charge is 0.214 e. The van der Waals surface area contributed by atoms with Gasteiger partial charge in [-0.2, -0.15) is 0 Å². The third kappa shape index (κ3) is 3.18. The Morgan fingerprint density at radius 3 is 2.31 bits per heavy atom. The molecule has 0 spiro atoms. The van der Waals surface area contributed by atoms with Gasteiger partial charge in [-0.25, -0.2) is 13.1 Å². The van der Waals surface area contributed by atoms with E-state index in [1.165, 1.54) is 0 Å². The molecular weight excluding hydrogens is 226 g/mol. The fourth-order valence-electron chi connectivity index (χ4n) is 2.34. The standard InChI is InChI=1S/C11H21NO3S/c13-11(9-6-7-9)8-12-16(14,15)10-4-2-1-3-5-10/h9-13H,1-8H2. The van der Waals surface area contributed by atoms with Gasteiger partial charge in [0, 0.05) is 6.54 Å². The Morgan fingerprint density at radius 1 is 1.12 bits per heavy atom. The van der Waals surface area contributed by atoms with Crippen LogP contribution in [0.3, 0.4) is 0 Å². The molecule has 2 aliphatic rings. The molecule has 0 aromatic heterocycles. The van der Waals surface area contributed by atoms with E-state index in [-0.39, 0.29) is 11.8 Å². The summed E-state index contributed by atoms with van der Waals surface area (Å²) in [7, 11) is -3.19. The second-order valence-corrected chi connectivity index (χ2v) is 7.10. The molecule has 0 aromatic rings. The van der Waals surface area contributed by atoms with Crippen molar-refractivity contribution in [1.29, 1.82) is 0 Å². The highest BCUT2D eigenvalue weighted by molar-refractivity contribution is 7.90. The maximum absolute atomic E-state index is 11.9. The fourth-order valence-corrected chi connectivity index (χ4v) is 3.94. The maximum Gasteiger partial charge on any atom is 0.214 e. The molecule has 0 amide bonds. The van der Waals surface area contributed by atoms with Gasteiger partial charge in [-0.1, -0.05) is 19.3 Å². The molecule has 1 atom stereocenters. The Bertz CT molecular complexity index is 318. The molecule has 4 nitrogen and oxygen atoms in total. The molecule has 2 N–H and O–H groups in total. The molecule has 0 heterocycles. The monoisotopic (exact) mass is 247 g/mol. The van der Waals surface area contributed by atoms with E-state index < -0.39 is 16.1 Å². The topological polar surface area (TPSA) is 66.4 Å². The molecule has 2 aliphatic carbocycles. The third-order valence-corrected chi connectivity index (χ3v) is 5.57. The number of hydrogen-bond donors (Lipinski definition) is 2. The summed E-state index contributed by atoms with van der Waals surface area (Å²) in [5.41, 5.74) is 0. The van der Waals surface area contributed by atoms with Crippen LogP contribution < -0.4 is 4.72 Å². The summed E-state index contributed by atoms with van der Waals surface area (Å²) in [4.78, 5) is 0. The van der Waals surface area contributed by atoms with Crippen molar-refractivity contribution in [3.8, 4) is 0 Å². The quantitative estimate of drug-likeness (QED) is 0.762. The minimum absolute atomic E-state index is 0.198. The zero-order chi connectivity index (χ0) is 11.6. The molecule has 0 saturated heterocycles. The number of hydrogen-bond acceptors (Lipinski definition) is 3. The van der Waals surface area contributed by atoms with Gasteiger partial charge in [0.15, 0.2) is 0 Å². The summed E-state index contributed by atoms with van der Waals surface area (Å²) >= 11 is 0. The predicted octanol–water partition coefficient (Wildman–Crippen LogP) is 1.01. The molecule has 2 saturated carbocycles. The van der Waals surface area contributed by atoms with Gasteiger partial charge in [0.25, 0.3) is 0 Å². The first-order chi connectivity index (χ1) is 7.59. The summed E-state index contributed by atoms with van der Waals surface area (Å²) in [6.07, 6.45) is 6.30. The van der Waals surface area contributed by atoms with Gasteiger partial charge in [0.05, 0.1) is 11.4 Å². The average molecular weight is 247 g/mol. The summed E-state index contributed by atoms with van der Waals surface area (Å²) in [5.74, 6) is 0.328. The van der Waals surface area contributed by atoms with Crippen molar-refractivity contribution in [2.24, 2.45) is 5.92 Å². The van der Waals surface area contributed by atoms with E-state index in [1.807, 2.05) is 0 Å². The molecule has 0 radical (unpaired) electrons. The van der Waals surface area contributed by atoms with Crippen molar-refractivity contribution in [3.05, 3.63) is 0 Å². The number of nitrogens with one attached hydrogen (secondary N) is 1. The van der Waals surface area contributed by atoms with Crippen LogP contribution in [0.5, 0.6) is 0 Å². The lowest BCUT2D eigenvalue weighted by atomic mass is 10.0. The molecule has 5 heteroatoms. The zero-order valence-corrected chi connectivity index (χ0v) is 10.4. The molecule has 2 rings (SSSR count). The number of aliphatic hydroxyl groups is 1. The number of sulfonamides is 1. The van der Waals surface area contributed by atoms with Gasteiger partial charge in [0.1, 0.15) is 0 Å². The van der Waals surface area contributed by atoms with Crippen molar-refractivity contribution in [1.82, 2.24) is 4.72 Å². The van der Waals surface area contributed by atoms with Gasteiger partial charge in [0.2, 0.25) is 10.0 Å². The van der Waals surface area contributed by atoms with E-state index in [0.29, 0.717) is 5.92 Å². The van der Waals surface area contributed by atoms with E-state index in [1.54, 1.807) is 0 Å². The number of aliphatic hydroxyl groups excluding tert-OH is 1. The van der Waals surface area contributed by atoms with Crippen LogP contribution in [0.15, 0.2) is 0 Å². The summed E-state index contributed by atoms with van der Waals surface area (Å²) < 4.78 is 26.4. The predicted molar refractivity (Wildman–Crippen MR) is 62.5 cm³/mol.